The number of nitrogens with zero attached hydrogens (tertiary/aromatic N) is 4. The first-order valence-electron chi connectivity index (χ1n) is 6.92. The molecule has 0 amide bonds. The summed E-state index contributed by atoms with van der Waals surface area (Å²) < 4.78 is 2.09. The maximum Gasteiger partial charge on any atom is 0.246 e. The highest BCUT2D eigenvalue weighted by molar-refractivity contribution is 5.39. The summed E-state index contributed by atoms with van der Waals surface area (Å²) in [4.78, 5) is 6.91. The average Bonchev–Trinajstić information content (AvgIpc) is 2.83. The summed E-state index contributed by atoms with van der Waals surface area (Å²) in [7, 11) is 0. The Kier molecular flexibility index (Phi) is 3.11. The molecule has 1 aromatic heterocycles. The van der Waals surface area contributed by atoms with Crippen LogP contribution in [0.2, 0.25) is 0 Å². The second-order valence-corrected chi connectivity index (χ2v) is 5.44. The minimum Gasteiger partial charge on any atom is -0.354 e. The SMILES string of the molecule is CC(C)C1CCNc2nc(N3CCNCC3)nn21. The molecule has 0 spiro atoms. The third kappa shape index (κ3) is 2.05. The molecule has 0 bridgehead atoms. The van der Waals surface area contributed by atoms with Crippen molar-refractivity contribution in [2.75, 3.05) is 42.9 Å². The summed E-state index contributed by atoms with van der Waals surface area (Å²) in [5.41, 5.74) is 0. The van der Waals surface area contributed by atoms with Crippen LogP contribution in [0, 0.1) is 5.92 Å². The average molecular weight is 250 g/mol. The molecule has 6 nitrogen and oxygen atoms in total. The molecule has 18 heavy (non-hydrogen) atoms. The van der Waals surface area contributed by atoms with Crippen LogP contribution in [0.1, 0.15) is 26.3 Å². The van der Waals surface area contributed by atoms with Crippen molar-refractivity contribution in [1.82, 2.24) is 20.1 Å². The third-order valence-corrected chi connectivity index (χ3v) is 3.83. The minimum atomic E-state index is 0.477. The van der Waals surface area contributed by atoms with Crippen LogP contribution in [0.25, 0.3) is 0 Å². The van der Waals surface area contributed by atoms with Gasteiger partial charge >= 0.3 is 0 Å². The number of fused-ring (bicyclic) bond motifs is 1. The van der Waals surface area contributed by atoms with Crippen molar-refractivity contribution in [3.8, 4) is 0 Å². The molecule has 6 heteroatoms. The molecular weight excluding hydrogens is 228 g/mol. The number of hydrogen-bond acceptors (Lipinski definition) is 5. The number of rotatable bonds is 2. The van der Waals surface area contributed by atoms with Crippen molar-refractivity contribution in [3.05, 3.63) is 0 Å². The molecule has 3 rings (SSSR count). The van der Waals surface area contributed by atoms with Gasteiger partial charge in [-0.2, -0.15) is 4.98 Å². The number of anilines is 2. The maximum atomic E-state index is 4.72. The Labute approximate surface area is 108 Å². The van der Waals surface area contributed by atoms with E-state index in [0.717, 1.165) is 51.0 Å². The topological polar surface area (TPSA) is 58.0 Å². The third-order valence-electron chi connectivity index (χ3n) is 3.83. The van der Waals surface area contributed by atoms with Crippen molar-refractivity contribution in [2.24, 2.45) is 5.92 Å². The van der Waals surface area contributed by atoms with Gasteiger partial charge < -0.3 is 15.5 Å². The quantitative estimate of drug-likeness (QED) is 0.809. The van der Waals surface area contributed by atoms with Gasteiger partial charge in [-0.05, 0) is 12.3 Å². The first-order valence-corrected chi connectivity index (χ1v) is 6.92. The molecule has 0 saturated carbocycles. The van der Waals surface area contributed by atoms with Gasteiger partial charge in [0.1, 0.15) is 0 Å². The zero-order chi connectivity index (χ0) is 12.5. The van der Waals surface area contributed by atoms with E-state index in [0.29, 0.717) is 12.0 Å². The van der Waals surface area contributed by atoms with Gasteiger partial charge in [0, 0.05) is 32.7 Å². The molecule has 0 aliphatic carbocycles. The van der Waals surface area contributed by atoms with Crippen LogP contribution in [0.4, 0.5) is 11.9 Å². The molecule has 2 aliphatic rings. The van der Waals surface area contributed by atoms with E-state index in [1.165, 1.54) is 0 Å². The summed E-state index contributed by atoms with van der Waals surface area (Å²) in [6.45, 7) is 9.54. The molecule has 1 aromatic rings. The molecule has 0 aromatic carbocycles. The molecule has 2 N–H and O–H groups in total. The molecule has 0 radical (unpaired) electrons. The van der Waals surface area contributed by atoms with E-state index in [1.54, 1.807) is 0 Å². The Hall–Kier alpha value is -1.30. The lowest BCUT2D eigenvalue weighted by Crippen LogP contribution is -2.44. The van der Waals surface area contributed by atoms with Crippen molar-refractivity contribution >= 4 is 11.9 Å². The van der Waals surface area contributed by atoms with E-state index >= 15 is 0 Å². The number of aromatic nitrogens is 3. The lowest BCUT2D eigenvalue weighted by atomic mass is 10.0. The molecule has 1 saturated heterocycles. The van der Waals surface area contributed by atoms with Gasteiger partial charge in [0.05, 0.1) is 6.04 Å². The van der Waals surface area contributed by atoms with E-state index in [4.69, 9.17) is 5.10 Å². The Bertz CT molecular complexity index is 407. The predicted octanol–water partition coefficient (Wildman–Crippen LogP) is 0.700. The van der Waals surface area contributed by atoms with Crippen LogP contribution in [-0.2, 0) is 0 Å². The van der Waals surface area contributed by atoms with Gasteiger partial charge in [0.15, 0.2) is 0 Å². The summed E-state index contributed by atoms with van der Waals surface area (Å²) >= 11 is 0. The van der Waals surface area contributed by atoms with Gasteiger partial charge in [0.25, 0.3) is 0 Å². The first-order chi connectivity index (χ1) is 8.75. The highest BCUT2D eigenvalue weighted by atomic mass is 15.5. The Morgan fingerprint density at radius 2 is 2.00 bits per heavy atom. The Morgan fingerprint density at radius 3 is 2.72 bits per heavy atom. The van der Waals surface area contributed by atoms with Crippen LogP contribution < -0.4 is 15.5 Å². The summed E-state index contributed by atoms with van der Waals surface area (Å²) in [5, 5.41) is 11.4. The molecule has 1 fully saturated rings. The van der Waals surface area contributed by atoms with Gasteiger partial charge in [-0.3, -0.25) is 0 Å². The van der Waals surface area contributed by atoms with Gasteiger partial charge in [-0.15, -0.1) is 5.10 Å². The summed E-state index contributed by atoms with van der Waals surface area (Å²) in [5.74, 6) is 2.42. The molecule has 100 valence electrons. The standard InChI is InChI=1S/C12H22N6/c1-9(2)10-3-4-14-11-15-12(16-18(10)11)17-7-5-13-6-8-17/h9-10,13H,3-8H2,1-2H3,(H,14,15,16). The van der Waals surface area contributed by atoms with E-state index in [2.05, 4.69) is 39.0 Å². The molecule has 1 unspecified atom stereocenters. The van der Waals surface area contributed by atoms with Gasteiger partial charge in [0.2, 0.25) is 11.9 Å². The molecule has 2 aliphatic heterocycles. The van der Waals surface area contributed by atoms with Crippen molar-refractivity contribution in [2.45, 2.75) is 26.3 Å². The molecule has 1 atom stereocenters. The number of piperazine rings is 1. The normalized spacial score (nSPS) is 23.9. The van der Waals surface area contributed by atoms with E-state index < -0.39 is 0 Å². The molecule has 3 heterocycles. The lowest BCUT2D eigenvalue weighted by molar-refractivity contribution is 0.322. The Balaban J connectivity index is 1.85. The van der Waals surface area contributed by atoms with Gasteiger partial charge in [-0.1, -0.05) is 13.8 Å². The smallest absolute Gasteiger partial charge is 0.246 e. The second kappa shape index (κ2) is 4.76. The predicted molar refractivity (Wildman–Crippen MR) is 72.1 cm³/mol. The van der Waals surface area contributed by atoms with Gasteiger partial charge in [-0.25, -0.2) is 4.68 Å². The highest BCUT2D eigenvalue weighted by Gasteiger charge is 2.27. The van der Waals surface area contributed by atoms with Crippen molar-refractivity contribution in [3.63, 3.8) is 0 Å². The van der Waals surface area contributed by atoms with Crippen LogP contribution in [0.5, 0.6) is 0 Å². The number of hydrogen-bond donors (Lipinski definition) is 2. The Morgan fingerprint density at radius 1 is 1.22 bits per heavy atom. The summed E-state index contributed by atoms with van der Waals surface area (Å²) in [6, 6.07) is 0.477. The minimum absolute atomic E-state index is 0.477. The second-order valence-electron chi connectivity index (χ2n) is 5.44. The number of nitrogens with one attached hydrogen (secondary N) is 2. The fourth-order valence-corrected chi connectivity index (χ4v) is 2.73. The van der Waals surface area contributed by atoms with Crippen LogP contribution in [-0.4, -0.2) is 47.5 Å². The zero-order valence-electron chi connectivity index (χ0n) is 11.2. The summed E-state index contributed by atoms with van der Waals surface area (Å²) in [6.07, 6.45) is 1.13. The lowest BCUT2D eigenvalue weighted by Gasteiger charge is -2.27. The maximum absolute atomic E-state index is 4.72. The van der Waals surface area contributed by atoms with Crippen LogP contribution >= 0.6 is 0 Å². The molecular formula is C12H22N6. The first kappa shape index (κ1) is 11.8. The van der Waals surface area contributed by atoms with Crippen molar-refractivity contribution in [1.29, 1.82) is 0 Å². The highest BCUT2D eigenvalue weighted by Crippen LogP contribution is 2.29. The van der Waals surface area contributed by atoms with E-state index in [9.17, 15) is 0 Å². The zero-order valence-corrected chi connectivity index (χ0v) is 11.2. The monoisotopic (exact) mass is 250 g/mol. The fourth-order valence-electron chi connectivity index (χ4n) is 2.73. The van der Waals surface area contributed by atoms with E-state index in [-0.39, 0.29) is 0 Å². The van der Waals surface area contributed by atoms with Crippen LogP contribution in [0.15, 0.2) is 0 Å². The van der Waals surface area contributed by atoms with Crippen molar-refractivity contribution < 1.29 is 0 Å². The van der Waals surface area contributed by atoms with Crippen LogP contribution in [0.3, 0.4) is 0 Å². The fraction of sp³-hybridized carbons (Fsp3) is 0.833. The van der Waals surface area contributed by atoms with E-state index in [1.807, 2.05) is 0 Å². The largest absolute Gasteiger partial charge is 0.354 e.